The topological polar surface area (TPSA) is 83.2 Å². The minimum absolute atomic E-state index is 0.212. The predicted octanol–water partition coefficient (Wildman–Crippen LogP) is 3.25. The minimum atomic E-state index is 0.212. The molecule has 118 valence electrons. The van der Waals surface area contributed by atoms with E-state index in [4.69, 9.17) is 26.8 Å². The SMILES string of the molecule is COc1cc(OC)c(Cl)c(-c2cc3cnc(N)nc3cn2)c1C. The Labute approximate surface area is 138 Å². The Bertz CT molecular complexity index is 871. The second kappa shape index (κ2) is 5.89. The molecule has 0 aliphatic carbocycles. The Morgan fingerprint density at radius 2 is 1.78 bits per heavy atom. The van der Waals surface area contributed by atoms with Gasteiger partial charge in [0, 0.05) is 28.8 Å². The molecule has 6 nitrogen and oxygen atoms in total. The molecule has 0 aliphatic heterocycles. The number of nitrogens with zero attached hydrogens (tertiary/aromatic N) is 3. The van der Waals surface area contributed by atoms with Crippen LogP contribution in [0.5, 0.6) is 11.5 Å². The molecule has 0 fully saturated rings. The molecule has 0 atom stereocenters. The summed E-state index contributed by atoms with van der Waals surface area (Å²) in [5.74, 6) is 1.42. The van der Waals surface area contributed by atoms with Crippen molar-refractivity contribution in [3.05, 3.63) is 35.1 Å². The Morgan fingerprint density at radius 1 is 1.04 bits per heavy atom. The van der Waals surface area contributed by atoms with Crippen molar-refractivity contribution < 1.29 is 9.47 Å². The van der Waals surface area contributed by atoms with E-state index in [1.165, 1.54) is 0 Å². The number of halogens is 1. The van der Waals surface area contributed by atoms with Gasteiger partial charge in [0.1, 0.15) is 11.5 Å². The van der Waals surface area contributed by atoms with E-state index in [0.717, 1.165) is 16.5 Å². The Balaban J connectivity index is 2.27. The quantitative estimate of drug-likeness (QED) is 0.793. The number of anilines is 1. The minimum Gasteiger partial charge on any atom is -0.496 e. The van der Waals surface area contributed by atoms with Crippen molar-refractivity contribution in [3.63, 3.8) is 0 Å². The number of ether oxygens (including phenoxy) is 2. The van der Waals surface area contributed by atoms with Gasteiger partial charge in [-0.1, -0.05) is 11.6 Å². The normalized spacial score (nSPS) is 10.8. The number of rotatable bonds is 3. The maximum atomic E-state index is 6.48. The molecule has 0 spiro atoms. The molecule has 0 amide bonds. The molecule has 23 heavy (non-hydrogen) atoms. The maximum absolute atomic E-state index is 6.48. The van der Waals surface area contributed by atoms with Crippen molar-refractivity contribution in [2.75, 3.05) is 20.0 Å². The average molecular weight is 331 g/mol. The van der Waals surface area contributed by atoms with Crippen LogP contribution in [0.15, 0.2) is 24.5 Å². The number of benzene rings is 1. The number of hydrogen-bond donors (Lipinski definition) is 1. The number of fused-ring (bicyclic) bond motifs is 1. The van der Waals surface area contributed by atoms with Crippen LogP contribution in [-0.2, 0) is 0 Å². The third kappa shape index (κ3) is 2.61. The molecule has 0 saturated heterocycles. The molecule has 3 aromatic rings. The fourth-order valence-corrected chi connectivity index (χ4v) is 2.82. The molecule has 0 unspecified atom stereocenters. The standard InChI is InChI=1S/C16H15ClN4O2/c1-8-12(22-2)5-13(23-3)15(17)14(8)10-4-9-6-20-16(18)21-11(9)7-19-10/h4-7H,1-3H3,(H2,18,20,21). The van der Waals surface area contributed by atoms with Gasteiger partial charge in [-0.05, 0) is 13.0 Å². The van der Waals surface area contributed by atoms with Gasteiger partial charge in [0.25, 0.3) is 0 Å². The van der Waals surface area contributed by atoms with Crippen molar-refractivity contribution in [2.24, 2.45) is 0 Å². The molecule has 7 heteroatoms. The lowest BCUT2D eigenvalue weighted by atomic mass is 10.0. The van der Waals surface area contributed by atoms with Gasteiger partial charge >= 0.3 is 0 Å². The van der Waals surface area contributed by atoms with Crippen molar-refractivity contribution >= 4 is 28.5 Å². The molecular weight excluding hydrogens is 316 g/mol. The van der Waals surface area contributed by atoms with E-state index in [1.807, 2.05) is 13.0 Å². The van der Waals surface area contributed by atoms with Crippen LogP contribution in [-0.4, -0.2) is 29.2 Å². The summed E-state index contributed by atoms with van der Waals surface area (Å²) in [5.41, 5.74) is 8.58. The molecule has 2 heterocycles. The molecule has 2 N–H and O–H groups in total. The van der Waals surface area contributed by atoms with E-state index in [0.29, 0.717) is 27.7 Å². The van der Waals surface area contributed by atoms with E-state index in [1.54, 1.807) is 32.7 Å². The smallest absolute Gasteiger partial charge is 0.220 e. The van der Waals surface area contributed by atoms with Crippen LogP contribution in [0.1, 0.15) is 5.56 Å². The van der Waals surface area contributed by atoms with Gasteiger partial charge in [-0.2, -0.15) is 0 Å². The van der Waals surface area contributed by atoms with Crippen LogP contribution in [0, 0.1) is 6.92 Å². The van der Waals surface area contributed by atoms with Crippen molar-refractivity contribution in [1.29, 1.82) is 0 Å². The fourth-order valence-electron chi connectivity index (χ4n) is 2.45. The van der Waals surface area contributed by atoms with Gasteiger partial charge in [-0.3, -0.25) is 4.98 Å². The first kappa shape index (κ1) is 15.3. The number of nitrogens with two attached hydrogens (primary N) is 1. The zero-order valence-corrected chi connectivity index (χ0v) is 13.7. The first-order chi connectivity index (χ1) is 11.0. The Kier molecular flexibility index (Phi) is 3.92. The summed E-state index contributed by atoms with van der Waals surface area (Å²) >= 11 is 6.48. The molecule has 0 bridgehead atoms. The van der Waals surface area contributed by atoms with Crippen LogP contribution in [0.4, 0.5) is 5.95 Å². The molecule has 3 rings (SSSR count). The van der Waals surface area contributed by atoms with E-state index in [-0.39, 0.29) is 5.95 Å². The summed E-state index contributed by atoms with van der Waals surface area (Å²) in [6.07, 6.45) is 3.30. The predicted molar refractivity (Wildman–Crippen MR) is 90.0 cm³/mol. The second-order valence-electron chi connectivity index (χ2n) is 4.95. The van der Waals surface area contributed by atoms with Gasteiger partial charge in [0.05, 0.1) is 36.6 Å². The average Bonchev–Trinajstić information content (AvgIpc) is 2.55. The first-order valence-electron chi connectivity index (χ1n) is 6.85. The zero-order chi connectivity index (χ0) is 16.6. The van der Waals surface area contributed by atoms with E-state index >= 15 is 0 Å². The number of nitrogen functional groups attached to an aromatic ring is 1. The highest BCUT2D eigenvalue weighted by molar-refractivity contribution is 6.35. The lowest BCUT2D eigenvalue weighted by molar-refractivity contribution is 0.393. The van der Waals surface area contributed by atoms with Crippen LogP contribution >= 0.6 is 11.6 Å². The maximum Gasteiger partial charge on any atom is 0.220 e. The second-order valence-corrected chi connectivity index (χ2v) is 5.33. The van der Waals surface area contributed by atoms with Crippen LogP contribution in [0.2, 0.25) is 5.02 Å². The van der Waals surface area contributed by atoms with Gasteiger partial charge in [-0.25, -0.2) is 9.97 Å². The van der Waals surface area contributed by atoms with Gasteiger partial charge in [-0.15, -0.1) is 0 Å². The van der Waals surface area contributed by atoms with Gasteiger partial charge < -0.3 is 15.2 Å². The Morgan fingerprint density at radius 3 is 2.48 bits per heavy atom. The molecule has 0 aliphatic rings. The largest absolute Gasteiger partial charge is 0.496 e. The van der Waals surface area contributed by atoms with Gasteiger partial charge in [0.2, 0.25) is 5.95 Å². The number of methoxy groups -OCH3 is 2. The van der Waals surface area contributed by atoms with E-state index in [9.17, 15) is 0 Å². The molecular formula is C16H15ClN4O2. The third-order valence-corrected chi connectivity index (χ3v) is 4.00. The molecule has 1 aromatic carbocycles. The Hall–Kier alpha value is -2.60. The van der Waals surface area contributed by atoms with Crippen LogP contribution < -0.4 is 15.2 Å². The highest BCUT2D eigenvalue weighted by Gasteiger charge is 2.18. The van der Waals surface area contributed by atoms with Crippen molar-refractivity contribution in [2.45, 2.75) is 6.92 Å². The van der Waals surface area contributed by atoms with E-state index in [2.05, 4.69) is 15.0 Å². The number of aromatic nitrogens is 3. The molecule has 2 aromatic heterocycles. The monoisotopic (exact) mass is 330 g/mol. The van der Waals surface area contributed by atoms with Crippen molar-refractivity contribution in [3.8, 4) is 22.8 Å². The fraction of sp³-hybridized carbons (Fsp3) is 0.188. The summed E-state index contributed by atoms with van der Waals surface area (Å²) in [7, 11) is 3.16. The first-order valence-corrected chi connectivity index (χ1v) is 7.22. The summed E-state index contributed by atoms with van der Waals surface area (Å²) in [6.45, 7) is 1.92. The van der Waals surface area contributed by atoms with Crippen molar-refractivity contribution in [1.82, 2.24) is 15.0 Å². The summed E-state index contributed by atoms with van der Waals surface area (Å²) in [5, 5.41) is 1.30. The highest BCUT2D eigenvalue weighted by Crippen LogP contribution is 2.42. The van der Waals surface area contributed by atoms with Crippen LogP contribution in [0.3, 0.4) is 0 Å². The molecule has 0 radical (unpaired) electrons. The lowest BCUT2D eigenvalue weighted by Gasteiger charge is -2.15. The summed E-state index contributed by atoms with van der Waals surface area (Å²) in [6, 6.07) is 3.62. The number of pyridine rings is 1. The summed E-state index contributed by atoms with van der Waals surface area (Å²) < 4.78 is 10.7. The third-order valence-electron chi connectivity index (χ3n) is 3.62. The van der Waals surface area contributed by atoms with Crippen LogP contribution in [0.25, 0.3) is 22.2 Å². The van der Waals surface area contributed by atoms with E-state index < -0.39 is 0 Å². The highest BCUT2D eigenvalue weighted by atomic mass is 35.5. The van der Waals surface area contributed by atoms with Gasteiger partial charge in [0.15, 0.2) is 0 Å². The summed E-state index contributed by atoms with van der Waals surface area (Å²) in [4.78, 5) is 12.6. The molecule has 0 saturated carbocycles. The lowest BCUT2D eigenvalue weighted by Crippen LogP contribution is -1.98. The zero-order valence-electron chi connectivity index (χ0n) is 12.9. The number of hydrogen-bond acceptors (Lipinski definition) is 6.